The van der Waals surface area contributed by atoms with Crippen LogP contribution in [0.5, 0.6) is 0 Å². The second-order valence-electron chi connectivity index (χ2n) is 15.7. The van der Waals surface area contributed by atoms with Gasteiger partial charge in [-0.1, -0.05) is 97.1 Å². The van der Waals surface area contributed by atoms with E-state index in [-0.39, 0.29) is 0 Å². The van der Waals surface area contributed by atoms with Gasteiger partial charge in [-0.3, -0.25) is 14.5 Å². The van der Waals surface area contributed by atoms with E-state index < -0.39 is 0 Å². The van der Waals surface area contributed by atoms with Crippen molar-refractivity contribution in [3.8, 4) is 45.1 Å². The molecule has 0 aliphatic carbocycles. The van der Waals surface area contributed by atoms with Crippen LogP contribution in [0.4, 0.5) is 17.2 Å². The highest BCUT2D eigenvalue weighted by Crippen LogP contribution is 2.53. The van der Waals surface area contributed by atoms with Crippen LogP contribution in [-0.4, -0.2) is 24.1 Å². The highest BCUT2D eigenvalue weighted by Gasteiger charge is 2.29. The summed E-state index contributed by atoms with van der Waals surface area (Å²) >= 11 is 0. The Labute approximate surface area is 350 Å². The zero-order valence-corrected chi connectivity index (χ0v) is 32.8. The summed E-state index contributed by atoms with van der Waals surface area (Å²) in [5, 5.41) is 7.11. The van der Waals surface area contributed by atoms with E-state index in [9.17, 15) is 0 Å². The normalized spacial score (nSPS) is 12.2. The zero-order valence-electron chi connectivity index (χ0n) is 32.8. The van der Waals surface area contributed by atoms with Crippen LogP contribution in [0.15, 0.2) is 207 Å². The molecule has 1 aliphatic rings. The van der Waals surface area contributed by atoms with E-state index in [0.29, 0.717) is 0 Å². The average molecular weight is 779 g/mol. The molecule has 0 bridgehead atoms. The van der Waals surface area contributed by atoms with E-state index in [4.69, 9.17) is 15.0 Å². The van der Waals surface area contributed by atoms with Gasteiger partial charge in [-0.25, -0.2) is 9.97 Å². The Hall–Kier alpha value is -8.35. The fraction of sp³-hybridized carbons (Fsp3) is 0. The lowest BCUT2D eigenvalue weighted by Gasteiger charge is -2.33. The van der Waals surface area contributed by atoms with Crippen molar-refractivity contribution in [2.75, 3.05) is 4.90 Å². The van der Waals surface area contributed by atoms with Crippen LogP contribution >= 0.6 is 0 Å². The third kappa shape index (κ3) is 5.06. The first kappa shape index (κ1) is 33.6. The molecule has 0 saturated carbocycles. The van der Waals surface area contributed by atoms with E-state index >= 15 is 0 Å². The van der Waals surface area contributed by atoms with Gasteiger partial charge >= 0.3 is 0 Å². The summed E-state index contributed by atoms with van der Waals surface area (Å²) in [7, 11) is 0. The van der Waals surface area contributed by atoms with Crippen LogP contribution in [-0.2, 0) is 0 Å². The van der Waals surface area contributed by atoms with Gasteiger partial charge in [-0.15, -0.1) is 0 Å². The zero-order chi connectivity index (χ0) is 40.0. The Morgan fingerprint density at radius 3 is 1.84 bits per heavy atom. The molecule has 0 N–H and O–H groups in total. The lowest BCUT2D eigenvalue weighted by Crippen LogP contribution is -2.16. The number of anilines is 3. The van der Waals surface area contributed by atoms with Gasteiger partial charge < -0.3 is 4.57 Å². The summed E-state index contributed by atoms with van der Waals surface area (Å²) in [5.74, 6) is 1.71. The molecule has 6 heterocycles. The summed E-state index contributed by atoms with van der Waals surface area (Å²) in [6, 6.07) is 69.2. The Bertz CT molecular complexity index is 3700. The lowest BCUT2D eigenvalue weighted by molar-refractivity contribution is 1.08. The Balaban J connectivity index is 1.04. The fourth-order valence-electron chi connectivity index (χ4n) is 9.69. The monoisotopic (exact) mass is 778 g/mol. The van der Waals surface area contributed by atoms with E-state index in [1.165, 1.54) is 38.1 Å². The Morgan fingerprint density at radius 1 is 0.361 bits per heavy atom. The van der Waals surface area contributed by atoms with Crippen molar-refractivity contribution in [1.29, 1.82) is 0 Å². The van der Waals surface area contributed by atoms with Gasteiger partial charge in [-0.05, 0) is 108 Å². The van der Waals surface area contributed by atoms with E-state index in [1.54, 1.807) is 0 Å². The van der Waals surface area contributed by atoms with Crippen LogP contribution in [0.3, 0.4) is 0 Å². The molecule has 6 heteroatoms. The molecule has 284 valence electrons. The van der Waals surface area contributed by atoms with Crippen LogP contribution in [0.1, 0.15) is 0 Å². The number of fused-ring (bicyclic) bond motifs is 8. The highest BCUT2D eigenvalue weighted by atomic mass is 15.2. The Morgan fingerprint density at radius 2 is 1.02 bits per heavy atom. The Kier molecular flexibility index (Phi) is 7.21. The highest BCUT2D eigenvalue weighted by molar-refractivity contribution is 6.19. The molecule has 0 amide bonds. The van der Waals surface area contributed by atoms with E-state index in [2.05, 4.69) is 190 Å². The smallest absolute Gasteiger partial charge is 0.138 e. The van der Waals surface area contributed by atoms with Crippen LogP contribution in [0.2, 0.25) is 0 Å². The van der Waals surface area contributed by atoms with Crippen LogP contribution in [0, 0.1) is 0 Å². The largest absolute Gasteiger partial charge is 0.309 e. The van der Waals surface area contributed by atoms with Crippen LogP contribution in [0.25, 0.3) is 99.5 Å². The maximum Gasteiger partial charge on any atom is 0.138 e. The molecule has 0 saturated heterocycles. The third-order valence-corrected chi connectivity index (χ3v) is 12.3. The summed E-state index contributed by atoms with van der Waals surface area (Å²) in [6.07, 6.45) is 3.72. The first-order valence-corrected chi connectivity index (χ1v) is 20.6. The molecule has 0 radical (unpaired) electrons. The second-order valence-corrected chi connectivity index (χ2v) is 15.7. The van der Waals surface area contributed by atoms with Gasteiger partial charge in [0, 0.05) is 61.7 Å². The topological polar surface area (TPSA) is 51.8 Å². The van der Waals surface area contributed by atoms with Crippen molar-refractivity contribution in [2.24, 2.45) is 0 Å². The lowest BCUT2D eigenvalue weighted by atomic mass is 9.90. The average Bonchev–Trinajstić information content (AvgIpc) is 3.83. The molecule has 1 aliphatic heterocycles. The van der Waals surface area contributed by atoms with Gasteiger partial charge in [0.05, 0.1) is 44.8 Å². The quantitative estimate of drug-likeness (QED) is 0.175. The van der Waals surface area contributed by atoms with E-state index in [0.717, 1.165) is 78.6 Å². The maximum atomic E-state index is 5.52. The van der Waals surface area contributed by atoms with Crippen molar-refractivity contribution >= 4 is 71.6 Å². The number of benzene rings is 7. The number of nitrogens with zero attached hydrogens (tertiary/aromatic N) is 6. The van der Waals surface area contributed by atoms with E-state index in [1.807, 2.05) is 30.6 Å². The molecule has 0 unspecified atom stereocenters. The number of rotatable bonds is 5. The first-order chi connectivity index (χ1) is 30.3. The number of hydrogen-bond donors (Lipinski definition) is 0. The predicted molar refractivity (Wildman–Crippen MR) is 251 cm³/mol. The predicted octanol–water partition coefficient (Wildman–Crippen LogP) is 14.0. The molecule has 13 rings (SSSR count). The number of pyridine rings is 3. The van der Waals surface area contributed by atoms with Gasteiger partial charge in [0.25, 0.3) is 0 Å². The van der Waals surface area contributed by atoms with Crippen molar-refractivity contribution in [2.45, 2.75) is 0 Å². The van der Waals surface area contributed by atoms with Crippen molar-refractivity contribution < 1.29 is 0 Å². The van der Waals surface area contributed by atoms with Gasteiger partial charge in [-0.2, -0.15) is 0 Å². The SMILES string of the molecule is c1ccc(-n2c3ccccc3c3cc(-c4cccc(N5c6cc7c(cc6-c6cccc8cccc5c68)c5cc(-c6ccccn6)ccc5n7-c5ccccn5)n4)ccc32)cc1. The third-order valence-electron chi connectivity index (χ3n) is 12.3. The van der Waals surface area contributed by atoms with Gasteiger partial charge in [0.2, 0.25) is 0 Å². The molecular weight excluding hydrogens is 745 g/mol. The molecule has 0 fully saturated rings. The van der Waals surface area contributed by atoms with Crippen LogP contribution < -0.4 is 4.90 Å². The van der Waals surface area contributed by atoms with Gasteiger partial charge in [0.15, 0.2) is 0 Å². The molecule has 12 aromatic rings. The fourth-order valence-corrected chi connectivity index (χ4v) is 9.69. The first-order valence-electron chi connectivity index (χ1n) is 20.6. The molecule has 61 heavy (non-hydrogen) atoms. The minimum absolute atomic E-state index is 0.852. The standard InChI is InChI=1S/C55H34N6/c1-2-15-38(16-3-1)59-47-21-5-4-17-39(47)41-32-37(26-27-48(41)59)46-20-12-24-54(58-46)61-50-22-11-14-35-13-10-18-40(55(35)50)43-33-44-42-31-36(45-19-6-8-29-56-45)25-28-49(42)60(52(44)34-51(43)61)53-23-7-9-30-57-53/h1-34H. The maximum absolute atomic E-state index is 5.52. The summed E-state index contributed by atoms with van der Waals surface area (Å²) in [4.78, 5) is 17.5. The summed E-state index contributed by atoms with van der Waals surface area (Å²) in [5.41, 5.74) is 14.2. The molecule has 0 atom stereocenters. The minimum atomic E-state index is 0.852. The second kappa shape index (κ2) is 13.1. The molecular formula is C55H34N6. The molecule has 7 aromatic carbocycles. The minimum Gasteiger partial charge on any atom is -0.309 e. The molecule has 6 nitrogen and oxygen atoms in total. The summed E-state index contributed by atoms with van der Waals surface area (Å²) in [6.45, 7) is 0. The number of hydrogen-bond acceptors (Lipinski definition) is 4. The molecule has 0 spiro atoms. The molecule has 5 aromatic heterocycles. The summed E-state index contributed by atoms with van der Waals surface area (Å²) < 4.78 is 4.64. The number of aromatic nitrogens is 5. The van der Waals surface area contributed by atoms with Crippen molar-refractivity contribution in [1.82, 2.24) is 24.1 Å². The number of para-hydroxylation sites is 2. The van der Waals surface area contributed by atoms with Crippen molar-refractivity contribution in [3.63, 3.8) is 0 Å². The van der Waals surface area contributed by atoms with Gasteiger partial charge in [0.1, 0.15) is 11.6 Å². The van der Waals surface area contributed by atoms with Crippen molar-refractivity contribution in [3.05, 3.63) is 207 Å².